The molecule has 3 nitrogen and oxygen atoms in total. The third kappa shape index (κ3) is 1.86. The average molecular weight is 229 g/mol. The molecule has 1 saturated carbocycles. The van der Waals surface area contributed by atoms with Crippen molar-refractivity contribution in [3.05, 3.63) is 34.9 Å². The monoisotopic (exact) mass is 229 g/mol. The van der Waals surface area contributed by atoms with E-state index in [0.717, 1.165) is 48.8 Å². The van der Waals surface area contributed by atoms with E-state index in [0.29, 0.717) is 12.5 Å². The zero-order chi connectivity index (χ0) is 11.8. The van der Waals surface area contributed by atoms with Gasteiger partial charge in [0.15, 0.2) is 0 Å². The Hall–Kier alpha value is -1.64. The molecule has 1 aromatic carbocycles. The lowest BCUT2D eigenvalue weighted by Gasteiger charge is -2.13. The number of rotatable bonds is 4. The fourth-order valence-electron chi connectivity index (χ4n) is 2.43. The molecular formula is C14H15NO2. The van der Waals surface area contributed by atoms with Gasteiger partial charge >= 0.3 is 0 Å². The summed E-state index contributed by atoms with van der Waals surface area (Å²) in [4.78, 5) is 24.5. The highest BCUT2D eigenvalue weighted by atomic mass is 16.2. The summed E-state index contributed by atoms with van der Waals surface area (Å²) in [7, 11) is 0. The second kappa shape index (κ2) is 3.99. The van der Waals surface area contributed by atoms with Crippen molar-refractivity contribution in [3.63, 3.8) is 0 Å². The Balaban J connectivity index is 1.84. The van der Waals surface area contributed by atoms with E-state index >= 15 is 0 Å². The highest BCUT2D eigenvalue weighted by molar-refractivity contribution is 5.98. The molecule has 1 fully saturated rings. The molecule has 3 heteroatoms. The first-order chi connectivity index (χ1) is 8.29. The zero-order valence-corrected chi connectivity index (χ0v) is 9.69. The van der Waals surface area contributed by atoms with Crippen LogP contribution in [0.25, 0.3) is 0 Å². The molecule has 0 spiro atoms. The number of fused-ring (bicyclic) bond motifs is 1. The van der Waals surface area contributed by atoms with Crippen molar-refractivity contribution in [2.75, 3.05) is 0 Å². The van der Waals surface area contributed by atoms with Crippen molar-refractivity contribution in [2.45, 2.75) is 38.3 Å². The van der Waals surface area contributed by atoms with E-state index in [4.69, 9.17) is 0 Å². The third-order valence-electron chi connectivity index (χ3n) is 3.54. The summed E-state index contributed by atoms with van der Waals surface area (Å²) in [5, 5.41) is 0. The predicted octanol–water partition coefficient (Wildman–Crippen LogP) is 1.94. The minimum absolute atomic E-state index is 0.176. The van der Waals surface area contributed by atoms with Gasteiger partial charge in [0.2, 0.25) is 0 Å². The summed E-state index contributed by atoms with van der Waals surface area (Å²) in [5.41, 5.74) is 3.07. The maximum Gasteiger partial charge on any atom is 0.254 e. The van der Waals surface area contributed by atoms with E-state index in [-0.39, 0.29) is 5.91 Å². The van der Waals surface area contributed by atoms with E-state index in [2.05, 4.69) is 0 Å². The number of aryl methyl sites for hydroxylation is 1. The Labute approximate surface area is 100 Å². The lowest BCUT2D eigenvalue weighted by atomic mass is 10.0. The number of benzene rings is 1. The number of carbonyl (C=O) groups excluding carboxylic acids is 2. The van der Waals surface area contributed by atoms with Gasteiger partial charge in [0, 0.05) is 24.6 Å². The molecule has 0 saturated heterocycles. The van der Waals surface area contributed by atoms with Crippen LogP contribution in [-0.4, -0.2) is 23.1 Å². The number of amides is 1. The molecule has 1 aliphatic carbocycles. The first-order valence-electron chi connectivity index (χ1n) is 6.16. The summed E-state index contributed by atoms with van der Waals surface area (Å²) in [6.45, 7) is 0.771. The maximum atomic E-state index is 12.2. The average Bonchev–Trinajstić information content (AvgIpc) is 3.13. The van der Waals surface area contributed by atoms with E-state index in [1.165, 1.54) is 0 Å². The normalized spacial score (nSPS) is 18.4. The van der Waals surface area contributed by atoms with Gasteiger partial charge in [-0.3, -0.25) is 4.79 Å². The zero-order valence-electron chi connectivity index (χ0n) is 9.69. The van der Waals surface area contributed by atoms with Crippen LogP contribution in [0.2, 0.25) is 0 Å². The van der Waals surface area contributed by atoms with Crippen LogP contribution in [0.5, 0.6) is 0 Å². The lowest BCUT2D eigenvalue weighted by molar-refractivity contribution is -0.107. The second-order valence-electron chi connectivity index (χ2n) is 4.86. The lowest BCUT2D eigenvalue weighted by Crippen LogP contribution is -2.25. The van der Waals surface area contributed by atoms with Crippen molar-refractivity contribution in [1.82, 2.24) is 4.90 Å². The summed E-state index contributed by atoms with van der Waals surface area (Å²) < 4.78 is 0. The molecule has 1 amide bonds. The molecular weight excluding hydrogens is 214 g/mol. The van der Waals surface area contributed by atoms with Crippen LogP contribution in [0.15, 0.2) is 18.2 Å². The Morgan fingerprint density at radius 3 is 2.88 bits per heavy atom. The second-order valence-corrected chi connectivity index (χ2v) is 4.86. The van der Waals surface area contributed by atoms with Crippen molar-refractivity contribution in [3.8, 4) is 0 Å². The molecule has 1 aliphatic heterocycles. The Morgan fingerprint density at radius 2 is 2.18 bits per heavy atom. The molecule has 3 rings (SSSR count). The minimum Gasteiger partial charge on any atom is -0.331 e. The van der Waals surface area contributed by atoms with Crippen LogP contribution in [0.3, 0.4) is 0 Å². The Morgan fingerprint density at radius 1 is 1.35 bits per heavy atom. The molecule has 88 valence electrons. The SMILES string of the molecule is O=CCCc1ccc2c(c1)C(=O)N(C1CC1)C2. The topological polar surface area (TPSA) is 37.4 Å². The highest BCUT2D eigenvalue weighted by Gasteiger charge is 2.38. The van der Waals surface area contributed by atoms with Crippen molar-refractivity contribution in [1.29, 1.82) is 0 Å². The van der Waals surface area contributed by atoms with E-state index in [1.807, 2.05) is 23.1 Å². The van der Waals surface area contributed by atoms with Gasteiger partial charge in [0.1, 0.15) is 6.29 Å². The fourth-order valence-corrected chi connectivity index (χ4v) is 2.43. The quantitative estimate of drug-likeness (QED) is 0.740. The summed E-state index contributed by atoms with van der Waals surface area (Å²) in [6.07, 6.45) is 4.48. The van der Waals surface area contributed by atoms with Gasteiger partial charge in [0.25, 0.3) is 5.91 Å². The highest BCUT2D eigenvalue weighted by Crippen LogP contribution is 2.34. The number of hydrogen-bond donors (Lipinski definition) is 0. The van der Waals surface area contributed by atoms with E-state index in [9.17, 15) is 9.59 Å². The Kier molecular flexibility index (Phi) is 2.46. The van der Waals surface area contributed by atoms with Crippen LogP contribution in [0.1, 0.15) is 40.7 Å². The molecule has 0 radical (unpaired) electrons. The standard InChI is InChI=1S/C14H15NO2/c16-7-1-2-10-3-4-11-9-15(12-5-6-12)14(17)13(11)8-10/h3-4,7-8,12H,1-2,5-6,9H2. The van der Waals surface area contributed by atoms with Crippen molar-refractivity contribution in [2.24, 2.45) is 0 Å². The van der Waals surface area contributed by atoms with Crippen molar-refractivity contribution >= 4 is 12.2 Å². The van der Waals surface area contributed by atoms with Gasteiger partial charge in [-0.2, -0.15) is 0 Å². The first kappa shape index (κ1) is 10.5. The molecule has 1 heterocycles. The number of nitrogens with zero attached hydrogens (tertiary/aromatic N) is 1. The molecule has 0 aromatic heterocycles. The molecule has 0 N–H and O–H groups in total. The maximum absolute atomic E-state index is 12.2. The Bertz CT molecular complexity index is 477. The molecule has 0 bridgehead atoms. The largest absolute Gasteiger partial charge is 0.331 e. The summed E-state index contributed by atoms with van der Waals surface area (Å²) in [5.74, 6) is 0.176. The minimum atomic E-state index is 0.176. The van der Waals surface area contributed by atoms with Gasteiger partial charge in [-0.1, -0.05) is 12.1 Å². The van der Waals surface area contributed by atoms with Gasteiger partial charge < -0.3 is 9.69 Å². The fraction of sp³-hybridized carbons (Fsp3) is 0.429. The molecule has 0 unspecified atom stereocenters. The molecule has 0 atom stereocenters. The van der Waals surface area contributed by atoms with Crippen LogP contribution in [0.4, 0.5) is 0 Å². The van der Waals surface area contributed by atoms with Crippen molar-refractivity contribution < 1.29 is 9.59 Å². The smallest absolute Gasteiger partial charge is 0.254 e. The summed E-state index contributed by atoms with van der Waals surface area (Å²) >= 11 is 0. The van der Waals surface area contributed by atoms with Crippen LogP contribution in [0, 0.1) is 0 Å². The number of hydrogen-bond acceptors (Lipinski definition) is 2. The van der Waals surface area contributed by atoms with Gasteiger partial charge in [-0.25, -0.2) is 0 Å². The first-order valence-corrected chi connectivity index (χ1v) is 6.16. The third-order valence-corrected chi connectivity index (χ3v) is 3.54. The van der Waals surface area contributed by atoms with Gasteiger partial charge in [-0.05, 0) is 36.5 Å². The van der Waals surface area contributed by atoms with Gasteiger partial charge in [0.05, 0.1) is 0 Å². The number of aldehydes is 1. The van der Waals surface area contributed by atoms with Crippen LogP contribution >= 0.6 is 0 Å². The molecule has 17 heavy (non-hydrogen) atoms. The van der Waals surface area contributed by atoms with Crippen LogP contribution in [-0.2, 0) is 17.8 Å². The summed E-state index contributed by atoms with van der Waals surface area (Å²) in [6, 6.07) is 6.51. The molecule has 2 aliphatic rings. The van der Waals surface area contributed by atoms with E-state index < -0.39 is 0 Å². The predicted molar refractivity (Wildman–Crippen MR) is 63.7 cm³/mol. The molecule has 1 aromatic rings. The number of carbonyl (C=O) groups is 2. The van der Waals surface area contributed by atoms with Gasteiger partial charge in [-0.15, -0.1) is 0 Å². The van der Waals surface area contributed by atoms with E-state index in [1.54, 1.807) is 0 Å². The van der Waals surface area contributed by atoms with Crippen LogP contribution < -0.4 is 0 Å².